The summed E-state index contributed by atoms with van der Waals surface area (Å²) in [5, 5.41) is 11.7. The number of hydrogen-bond donors (Lipinski definition) is 1. The predicted octanol–water partition coefficient (Wildman–Crippen LogP) is 1.63. The minimum Gasteiger partial charge on any atom is -0.383 e. The summed E-state index contributed by atoms with van der Waals surface area (Å²) < 4.78 is 32.0. The number of nitrogens with zero attached hydrogens (tertiary/aromatic N) is 4. The number of halogens is 2. The molecule has 8 nitrogen and oxygen atoms in total. The molecule has 1 aromatic carbocycles. The molecule has 1 saturated heterocycles. The van der Waals surface area contributed by atoms with Crippen LogP contribution < -0.4 is 10.2 Å². The Hall–Kier alpha value is -2.31. The summed E-state index contributed by atoms with van der Waals surface area (Å²) in [5.74, 6) is -2.20. The zero-order chi connectivity index (χ0) is 21.5. The molecule has 2 amide bonds. The van der Waals surface area contributed by atoms with Gasteiger partial charge in [0.25, 0.3) is 5.91 Å². The van der Waals surface area contributed by atoms with Crippen LogP contribution in [0.4, 0.5) is 13.9 Å². The Morgan fingerprint density at radius 2 is 1.97 bits per heavy atom. The number of carbonyl (C=O) groups excluding carboxylic acids is 2. The SMILES string of the molecule is COCCNC(=O)CSc1nnc(N2CCN(C(=O)c3ccc(F)c(F)c3)CC2)s1. The van der Waals surface area contributed by atoms with E-state index in [1.807, 2.05) is 4.90 Å². The second-order valence-electron chi connectivity index (χ2n) is 6.39. The summed E-state index contributed by atoms with van der Waals surface area (Å²) in [6, 6.07) is 3.16. The van der Waals surface area contributed by atoms with Crippen LogP contribution in [0.1, 0.15) is 10.4 Å². The van der Waals surface area contributed by atoms with Crippen LogP contribution in [0, 0.1) is 11.6 Å². The van der Waals surface area contributed by atoms with Gasteiger partial charge in [-0.05, 0) is 18.2 Å². The van der Waals surface area contributed by atoms with Crippen molar-refractivity contribution in [3.8, 4) is 0 Å². The molecular weight excluding hydrogens is 436 g/mol. The van der Waals surface area contributed by atoms with E-state index in [-0.39, 0.29) is 23.1 Å². The molecule has 0 atom stereocenters. The smallest absolute Gasteiger partial charge is 0.254 e. The molecule has 2 heterocycles. The molecule has 3 rings (SSSR count). The maximum absolute atomic E-state index is 13.4. The number of methoxy groups -OCH3 is 1. The standard InChI is InChI=1S/C18H21F2N5O3S2/c1-28-9-4-21-15(26)11-29-18-23-22-17(30-18)25-7-5-24(6-8-25)16(27)12-2-3-13(19)14(20)10-12/h2-3,10H,4-9,11H2,1H3,(H,21,26). The summed E-state index contributed by atoms with van der Waals surface area (Å²) in [5.41, 5.74) is 0.126. The Bertz CT molecular complexity index is 890. The summed E-state index contributed by atoms with van der Waals surface area (Å²) in [6.45, 7) is 2.89. The Kier molecular flexibility index (Phi) is 7.94. The average Bonchev–Trinajstić information content (AvgIpc) is 3.23. The number of rotatable bonds is 8. The van der Waals surface area contributed by atoms with Gasteiger partial charge in [-0.3, -0.25) is 9.59 Å². The largest absolute Gasteiger partial charge is 0.383 e. The lowest BCUT2D eigenvalue weighted by atomic mass is 10.1. The lowest BCUT2D eigenvalue weighted by molar-refractivity contribution is -0.118. The van der Waals surface area contributed by atoms with Crippen LogP contribution in [0.5, 0.6) is 0 Å². The van der Waals surface area contributed by atoms with Crippen molar-refractivity contribution in [1.29, 1.82) is 0 Å². The highest BCUT2D eigenvalue weighted by Gasteiger charge is 2.25. The van der Waals surface area contributed by atoms with Crippen LogP contribution in [0.15, 0.2) is 22.5 Å². The number of amides is 2. The lowest BCUT2D eigenvalue weighted by Crippen LogP contribution is -2.48. The molecule has 0 bridgehead atoms. The van der Waals surface area contributed by atoms with E-state index in [1.165, 1.54) is 29.2 Å². The molecule has 0 aliphatic carbocycles. The number of carbonyl (C=O) groups is 2. The van der Waals surface area contributed by atoms with Gasteiger partial charge in [0.05, 0.1) is 12.4 Å². The third-order valence-corrected chi connectivity index (χ3v) is 6.47. The van der Waals surface area contributed by atoms with Crippen molar-refractivity contribution in [2.24, 2.45) is 0 Å². The van der Waals surface area contributed by atoms with Crippen LogP contribution >= 0.6 is 23.1 Å². The van der Waals surface area contributed by atoms with Crippen LogP contribution in [-0.4, -0.2) is 79.1 Å². The first-order valence-electron chi connectivity index (χ1n) is 9.19. The van der Waals surface area contributed by atoms with Crippen LogP contribution in [0.25, 0.3) is 0 Å². The molecular formula is C18H21F2N5O3S2. The molecule has 1 aromatic heterocycles. The number of nitrogens with one attached hydrogen (secondary N) is 1. The van der Waals surface area contributed by atoms with Gasteiger partial charge in [0, 0.05) is 45.4 Å². The van der Waals surface area contributed by atoms with E-state index in [9.17, 15) is 18.4 Å². The third kappa shape index (κ3) is 5.86. The number of thioether (sulfide) groups is 1. The van der Waals surface area contributed by atoms with Crippen LogP contribution in [0.3, 0.4) is 0 Å². The van der Waals surface area contributed by atoms with E-state index in [4.69, 9.17) is 4.74 Å². The lowest BCUT2D eigenvalue weighted by Gasteiger charge is -2.34. The zero-order valence-electron chi connectivity index (χ0n) is 16.3. The van der Waals surface area contributed by atoms with Crippen molar-refractivity contribution in [2.75, 3.05) is 57.1 Å². The first-order valence-corrected chi connectivity index (χ1v) is 11.0. The normalized spacial score (nSPS) is 14.1. The van der Waals surface area contributed by atoms with Gasteiger partial charge in [-0.2, -0.15) is 0 Å². The van der Waals surface area contributed by atoms with Gasteiger partial charge in [0.1, 0.15) is 0 Å². The maximum Gasteiger partial charge on any atom is 0.254 e. The molecule has 12 heteroatoms. The van der Waals surface area contributed by atoms with E-state index in [2.05, 4.69) is 15.5 Å². The third-order valence-electron chi connectivity index (χ3n) is 4.35. The van der Waals surface area contributed by atoms with Gasteiger partial charge in [0.2, 0.25) is 11.0 Å². The van der Waals surface area contributed by atoms with Crippen LogP contribution in [-0.2, 0) is 9.53 Å². The van der Waals surface area contributed by atoms with Crippen molar-refractivity contribution in [3.63, 3.8) is 0 Å². The van der Waals surface area contributed by atoms with Crippen LogP contribution in [0.2, 0.25) is 0 Å². The number of aromatic nitrogens is 2. The first-order chi connectivity index (χ1) is 14.5. The van der Waals surface area contributed by atoms with E-state index in [1.54, 1.807) is 12.0 Å². The molecule has 0 radical (unpaired) electrons. The molecule has 1 aliphatic rings. The van der Waals surface area contributed by atoms with Gasteiger partial charge in [-0.15, -0.1) is 10.2 Å². The summed E-state index contributed by atoms with van der Waals surface area (Å²) in [7, 11) is 1.57. The molecule has 30 heavy (non-hydrogen) atoms. The summed E-state index contributed by atoms with van der Waals surface area (Å²) in [4.78, 5) is 27.8. The monoisotopic (exact) mass is 457 g/mol. The van der Waals surface area contributed by atoms with Gasteiger partial charge >= 0.3 is 0 Å². The summed E-state index contributed by atoms with van der Waals surface area (Å²) in [6.07, 6.45) is 0. The van der Waals surface area contributed by atoms with E-state index in [0.717, 1.165) is 17.3 Å². The van der Waals surface area contributed by atoms with Gasteiger partial charge in [0.15, 0.2) is 16.0 Å². The highest BCUT2D eigenvalue weighted by molar-refractivity contribution is 8.01. The number of anilines is 1. The molecule has 1 N–H and O–H groups in total. The predicted molar refractivity (Wildman–Crippen MR) is 110 cm³/mol. The molecule has 0 unspecified atom stereocenters. The van der Waals surface area contributed by atoms with Crippen molar-refractivity contribution in [1.82, 2.24) is 20.4 Å². The Morgan fingerprint density at radius 3 is 2.67 bits per heavy atom. The second kappa shape index (κ2) is 10.6. The average molecular weight is 458 g/mol. The van der Waals surface area contributed by atoms with Crippen molar-refractivity contribution >= 4 is 40.0 Å². The fraction of sp³-hybridized carbons (Fsp3) is 0.444. The van der Waals surface area contributed by atoms with E-state index >= 15 is 0 Å². The molecule has 0 saturated carbocycles. The van der Waals surface area contributed by atoms with Gasteiger partial charge in [-0.25, -0.2) is 8.78 Å². The van der Waals surface area contributed by atoms with Gasteiger partial charge < -0.3 is 19.9 Å². The maximum atomic E-state index is 13.4. The van der Waals surface area contributed by atoms with E-state index in [0.29, 0.717) is 43.7 Å². The van der Waals surface area contributed by atoms with Crippen molar-refractivity contribution in [2.45, 2.75) is 4.34 Å². The number of hydrogen-bond acceptors (Lipinski definition) is 8. The van der Waals surface area contributed by atoms with Gasteiger partial charge in [-0.1, -0.05) is 23.1 Å². The number of benzene rings is 1. The van der Waals surface area contributed by atoms with Crippen molar-refractivity contribution < 1.29 is 23.1 Å². The molecule has 2 aromatic rings. The topological polar surface area (TPSA) is 87.7 Å². The van der Waals surface area contributed by atoms with Crippen molar-refractivity contribution in [3.05, 3.63) is 35.4 Å². The van der Waals surface area contributed by atoms with E-state index < -0.39 is 11.6 Å². The second-order valence-corrected chi connectivity index (χ2v) is 8.57. The Balaban J connectivity index is 1.47. The minimum absolute atomic E-state index is 0.0989. The fourth-order valence-corrected chi connectivity index (χ4v) is 4.49. The fourth-order valence-electron chi connectivity index (χ4n) is 2.77. The summed E-state index contributed by atoms with van der Waals surface area (Å²) >= 11 is 2.70. The Labute approximate surface area is 180 Å². The molecule has 1 fully saturated rings. The number of piperazine rings is 1. The molecule has 162 valence electrons. The number of ether oxygens (including phenoxy) is 1. The molecule has 0 spiro atoms. The highest BCUT2D eigenvalue weighted by Crippen LogP contribution is 2.28. The quantitative estimate of drug-likeness (QED) is 0.476. The highest BCUT2D eigenvalue weighted by atomic mass is 32.2. The first kappa shape index (κ1) is 22.4. The Morgan fingerprint density at radius 1 is 1.20 bits per heavy atom. The zero-order valence-corrected chi connectivity index (χ0v) is 17.9. The molecule has 1 aliphatic heterocycles. The minimum atomic E-state index is -1.04.